The molecule has 0 aromatic heterocycles. The molecule has 0 atom stereocenters. The van der Waals surface area contributed by atoms with E-state index >= 15 is 0 Å². The van der Waals surface area contributed by atoms with Gasteiger partial charge < -0.3 is 25.6 Å². The number of nitrogens with zero attached hydrogens (tertiary/aromatic N) is 1. The van der Waals surface area contributed by atoms with Crippen LogP contribution in [-0.4, -0.2) is 31.6 Å². The number of carbonyl (C=O) groups excluding carboxylic acids is 2. The number of nitrogens with one attached hydrogen (secondary N) is 3. The van der Waals surface area contributed by atoms with Crippen molar-refractivity contribution in [2.24, 2.45) is 0 Å². The van der Waals surface area contributed by atoms with Crippen LogP contribution in [0.25, 0.3) is 0 Å². The Labute approximate surface area is 235 Å². The van der Waals surface area contributed by atoms with Gasteiger partial charge in [-0.2, -0.15) is 0 Å². The van der Waals surface area contributed by atoms with Gasteiger partial charge in [0.2, 0.25) is 0 Å². The molecule has 7 nitrogen and oxygen atoms in total. The molecule has 0 spiro atoms. The number of urea groups is 1. The Kier molecular flexibility index (Phi) is 8.61. The number of hydrogen-bond acceptors (Lipinski definition) is 4. The highest BCUT2D eigenvalue weighted by Crippen LogP contribution is 2.30. The Morgan fingerprint density at radius 2 is 1.60 bits per heavy atom. The molecule has 0 radical (unpaired) electrons. The molecule has 1 heterocycles. The number of rotatable bonds is 9. The van der Waals surface area contributed by atoms with E-state index in [4.69, 9.17) is 4.74 Å². The SMILES string of the molecule is CCOc1ccccc1NC(=O)Nc1ccc(N2CCc3ccccc3C2)c(C(=O)NCCc2ccccc2)c1. The molecule has 0 saturated carbocycles. The number of carbonyl (C=O) groups is 2. The second kappa shape index (κ2) is 12.8. The predicted molar refractivity (Wildman–Crippen MR) is 160 cm³/mol. The third-order valence-electron chi connectivity index (χ3n) is 6.95. The Bertz CT molecular complexity index is 1470. The van der Waals surface area contributed by atoms with Crippen molar-refractivity contribution >= 4 is 29.0 Å². The quantitative estimate of drug-likeness (QED) is 0.237. The van der Waals surface area contributed by atoms with Crippen LogP contribution in [0.5, 0.6) is 5.75 Å². The maximum atomic E-state index is 13.5. The minimum Gasteiger partial charge on any atom is -0.492 e. The fraction of sp³-hybridized carbons (Fsp3) is 0.212. The third kappa shape index (κ3) is 6.61. The van der Waals surface area contributed by atoms with E-state index in [9.17, 15) is 9.59 Å². The summed E-state index contributed by atoms with van der Waals surface area (Å²) in [5.41, 5.74) is 6.24. The van der Waals surface area contributed by atoms with Crippen molar-refractivity contribution < 1.29 is 14.3 Å². The highest BCUT2D eigenvalue weighted by atomic mass is 16.5. The maximum Gasteiger partial charge on any atom is 0.323 e. The molecule has 4 aromatic carbocycles. The Morgan fingerprint density at radius 3 is 2.42 bits per heavy atom. The third-order valence-corrected chi connectivity index (χ3v) is 6.95. The number of para-hydroxylation sites is 2. The average Bonchev–Trinajstić information content (AvgIpc) is 2.98. The lowest BCUT2D eigenvalue weighted by molar-refractivity contribution is 0.0954. The lowest BCUT2D eigenvalue weighted by Crippen LogP contribution is -2.33. The monoisotopic (exact) mass is 534 g/mol. The largest absolute Gasteiger partial charge is 0.492 e. The Balaban J connectivity index is 1.35. The smallest absolute Gasteiger partial charge is 0.323 e. The van der Waals surface area contributed by atoms with Gasteiger partial charge in [-0.05, 0) is 66.8 Å². The van der Waals surface area contributed by atoms with E-state index in [-0.39, 0.29) is 5.91 Å². The number of fused-ring (bicyclic) bond motifs is 1. The van der Waals surface area contributed by atoms with Crippen LogP contribution in [0, 0.1) is 0 Å². The summed E-state index contributed by atoms with van der Waals surface area (Å²) in [6, 6.07) is 30.9. The zero-order chi connectivity index (χ0) is 27.7. The fourth-order valence-corrected chi connectivity index (χ4v) is 4.97. The maximum absolute atomic E-state index is 13.5. The second-order valence-corrected chi connectivity index (χ2v) is 9.67. The van der Waals surface area contributed by atoms with Crippen LogP contribution in [-0.2, 0) is 19.4 Å². The minimum atomic E-state index is -0.415. The molecule has 1 aliphatic rings. The number of amides is 3. The molecule has 0 bridgehead atoms. The zero-order valence-electron chi connectivity index (χ0n) is 22.7. The average molecular weight is 535 g/mol. The van der Waals surface area contributed by atoms with Crippen LogP contribution >= 0.6 is 0 Å². The molecule has 3 N–H and O–H groups in total. The van der Waals surface area contributed by atoms with E-state index in [0.29, 0.717) is 35.8 Å². The summed E-state index contributed by atoms with van der Waals surface area (Å²) in [6.45, 7) is 4.43. The molecule has 40 heavy (non-hydrogen) atoms. The van der Waals surface area contributed by atoms with E-state index in [2.05, 4.69) is 57.2 Å². The molecule has 7 heteroatoms. The van der Waals surface area contributed by atoms with Crippen molar-refractivity contribution in [2.75, 3.05) is 35.2 Å². The van der Waals surface area contributed by atoms with Gasteiger partial charge in [-0.1, -0.05) is 66.7 Å². The van der Waals surface area contributed by atoms with E-state index in [1.807, 2.05) is 55.5 Å². The van der Waals surface area contributed by atoms with Crippen LogP contribution in [0.1, 0.15) is 34.0 Å². The first kappa shape index (κ1) is 26.8. The highest BCUT2D eigenvalue weighted by molar-refractivity contribution is 6.04. The molecule has 1 aliphatic heterocycles. The first-order valence-corrected chi connectivity index (χ1v) is 13.7. The first-order chi connectivity index (χ1) is 19.6. The summed E-state index contributed by atoms with van der Waals surface area (Å²) in [5.74, 6) is 0.426. The van der Waals surface area contributed by atoms with Crippen molar-refractivity contribution in [3.63, 3.8) is 0 Å². The van der Waals surface area contributed by atoms with Crippen molar-refractivity contribution in [1.82, 2.24) is 5.32 Å². The van der Waals surface area contributed by atoms with Gasteiger partial charge in [-0.3, -0.25) is 4.79 Å². The summed E-state index contributed by atoms with van der Waals surface area (Å²) < 4.78 is 5.62. The van der Waals surface area contributed by atoms with Gasteiger partial charge in [-0.15, -0.1) is 0 Å². The van der Waals surface area contributed by atoms with E-state index in [0.717, 1.165) is 37.2 Å². The fourth-order valence-electron chi connectivity index (χ4n) is 4.97. The molecule has 5 rings (SSSR count). The molecular weight excluding hydrogens is 500 g/mol. The van der Waals surface area contributed by atoms with Gasteiger partial charge in [0.1, 0.15) is 5.75 Å². The Morgan fingerprint density at radius 1 is 0.850 bits per heavy atom. The lowest BCUT2D eigenvalue weighted by Gasteiger charge is -2.32. The molecular formula is C33H34N4O3. The second-order valence-electron chi connectivity index (χ2n) is 9.67. The molecule has 204 valence electrons. The summed E-state index contributed by atoms with van der Waals surface area (Å²) in [5, 5.41) is 8.80. The predicted octanol–water partition coefficient (Wildman–Crippen LogP) is 6.26. The molecule has 0 saturated heterocycles. The molecule has 0 fully saturated rings. The van der Waals surface area contributed by atoms with E-state index in [1.165, 1.54) is 11.1 Å². The standard InChI is InChI=1S/C33H34N4O3/c1-2-40-31-15-9-8-14-29(31)36-33(39)35-27-16-17-30(37-21-19-25-12-6-7-13-26(25)23-37)28(22-27)32(38)34-20-18-24-10-4-3-5-11-24/h3-17,22H,2,18-21,23H2,1H3,(H,34,38)(H2,35,36,39). The zero-order valence-corrected chi connectivity index (χ0v) is 22.7. The van der Waals surface area contributed by atoms with Gasteiger partial charge in [0.15, 0.2) is 0 Å². The van der Waals surface area contributed by atoms with Crippen LogP contribution in [0.2, 0.25) is 0 Å². The van der Waals surface area contributed by atoms with Crippen molar-refractivity contribution in [3.8, 4) is 5.75 Å². The van der Waals surface area contributed by atoms with Crippen LogP contribution in [0.15, 0.2) is 97.1 Å². The molecule has 0 aliphatic carbocycles. The van der Waals surface area contributed by atoms with E-state index < -0.39 is 6.03 Å². The van der Waals surface area contributed by atoms with Gasteiger partial charge in [0.25, 0.3) is 5.91 Å². The molecule has 0 unspecified atom stereocenters. The van der Waals surface area contributed by atoms with Gasteiger partial charge >= 0.3 is 6.03 Å². The number of benzene rings is 4. The van der Waals surface area contributed by atoms with E-state index in [1.54, 1.807) is 12.1 Å². The first-order valence-electron chi connectivity index (χ1n) is 13.7. The highest BCUT2D eigenvalue weighted by Gasteiger charge is 2.22. The lowest BCUT2D eigenvalue weighted by atomic mass is 9.98. The van der Waals surface area contributed by atoms with Crippen molar-refractivity contribution in [2.45, 2.75) is 26.3 Å². The summed E-state index contributed by atoms with van der Waals surface area (Å²) >= 11 is 0. The minimum absolute atomic E-state index is 0.171. The summed E-state index contributed by atoms with van der Waals surface area (Å²) in [4.78, 5) is 28.6. The topological polar surface area (TPSA) is 82.7 Å². The van der Waals surface area contributed by atoms with Crippen molar-refractivity contribution in [3.05, 3.63) is 119 Å². The molecule has 4 aromatic rings. The van der Waals surface area contributed by atoms with Gasteiger partial charge in [0, 0.05) is 31.0 Å². The summed E-state index contributed by atoms with van der Waals surface area (Å²) in [6.07, 6.45) is 1.64. The number of anilines is 3. The van der Waals surface area contributed by atoms with Crippen LogP contribution in [0.4, 0.5) is 21.9 Å². The Hall–Kier alpha value is -4.78. The number of hydrogen-bond donors (Lipinski definition) is 3. The normalized spacial score (nSPS) is 12.3. The van der Waals surface area contributed by atoms with Gasteiger partial charge in [-0.25, -0.2) is 4.79 Å². The van der Waals surface area contributed by atoms with Crippen LogP contribution in [0.3, 0.4) is 0 Å². The van der Waals surface area contributed by atoms with Gasteiger partial charge in [0.05, 0.1) is 17.9 Å². The molecule has 3 amide bonds. The van der Waals surface area contributed by atoms with Crippen molar-refractivity contribution in [1.29, 1.82) is 0 Å². The van der Waals surface area contributed by atoms with Crippen LogP contribution < -0.4 is 25.6 Å². The summed E-state index contributed by atoms with van der Waals surface area (Å²) in [7, 11) is 0. The number of ether oxygens (including phenoxy) is 1.